The molecule has 2 atom stereocenters. The van der Waals surface area contributed by atoms with E-state index in [1.54, 1.807) is 0 Å². The maximum atomic E-state index is 12.6. The third-order valence-corrected chi connectivity index (χ3v) is 4.03. The van der Waals surface area contributed by atoms with Gasteiger partial charge in [0.05, 0.1) is 6.42 Å². The molecule has 1 aliphatic carbocycles. The van der Waals surface area contributed by atoms with Crippen molar-refractivity contribution in [2.75, 3.05) is 6.54 Å². The third-order valence-electron chi connectivity index (χ3n) is 4.03. The van der Waals surface area contributed by atoms with E-state index >= 15 is 0 Å². The second-order valence-electron chi connectivity index (χ2n) is 5.60. The molecule has 0 saturated carbocycles. The summed E-state index contributed by atoms with van der Waals surface area (Å²) in [5, 5.41) is 3.00. The summed E-state index contributed by atoms with van der Waals surface area (Å²) in [7, 11) is 0. The fourth-order valence-electron chi connectivity index (χ4n) is 3.25. The minimum absolute atomic E-state index is 0.256. The molecule has 0 heterocycles. The van der Waals surface area contributed by atoms with E-state index in [0.717, 1.165) is 19.3 Å². The Balaban J connectivity index is 2.07. The Morgan fingerprint density at radius 1 is 1.30 bits per heavy atom. The molecule has 0 aromatic heterocycles. The Hall–Kier alpha value is -1.03. The van der Waals surface area contributed by atoms with E-state index in [1.165, 1.54) is 11.1 Å². The van der Waals surface area contributed by atoms with Crippen LogP contribution in [-0.2, 0) is 6.42 Å². The molecule has 1 aromatic rings. The molecule has 1 aromatic carbocycles. The molecule has 0 saturated heterocycles. The normalized spacial score (nSPS) is 20.5. The van der Waals surface area contributed by atoms with Crippen LogP contribution in [0.1, 0.15) is 49.7 Å². The zero-order valence-electron chi connectivity index (χ0n) is 11.8. The van der Waals surface area contributed by atoms with Crippen molar-refractivity contribution in [3.05, 3.63) is 35.4 Å². The van der Waals surface area contributed by atoms with Crippen LogP contribution in [0.25, 0.3) is 0 Å². The van der Waals surface area contributed by atoms with Crippen molar-refractivity contribution < 1.29 is 13.2 Å². The fourth-order valence-corrected chi connectivity index (χ4v) is 3.25. The largest absolute Gasteiger partial charge is 0.390 e. The van der Waals surface area contributed by atoms with Gasteiger partial charge in [0.25, 0.3) is 0 Å². The first-order valence-electron chi connectivity index (χ1n) is 7.37. The van der Waals surface area contributed by atoms with Crippen molar-refractivity contribution in [2.45, 2.75) is 57.2 Å². The highest BCUT2D eigenvalue weighted by molar-refractivity contribution is 5.32. The standard InChI is InChI=1S/C16H22F3N/c1-2-20-14(11-16(17,18)19)10-13-8-5-7-12-6-3-4-9-15(12)13/h3-4,6,9,13-14,20H,2,5,7-8,10-11H2,1H3. The van der Waals surface area contributed by atoms with E-state index < -0.39 is 18.6 Å². The van der Waals surface area contributed by atoms with Gasteiger partial charge in [0, 0.05) is 6.04 Å². The highest BCUT2D eigenvalue weighted by Crippen LogP contribution is 2.36. The lowest BCUT2D eigenvalue weighted by atomic mass is 9.79. The van der Waals surface area contributed by atoms with Crippen LogP contribution in [0.3, 0.4) is 0 Å². The van der Waals surface area contributed by atoms with E-state index in [4.69, 9.17) is 0 Å². The maximum absolute atomic E-state index is 12.6. The first kappa shape index (κ1) is 15.4. The van der Waals surface area contributed by atoms with Crippen LogP contribution in [0.5, 0.6) is 0 Å². The number of benzene rings is 1. The summed E-state index contributed by atoms with van der Waals surface area (Å²) in [5.41, 5.74) is 2.56. The highest BCUT2D eigenvalue weighted by Gasteiger charge is 2.33. The zero-order valence-corrected chi connectivity index (χ0v) is 11.8. The molecule has 112 valence electrons. The third kappa shape index (κ3) is 4.23. The molecule has 0 spiro atoms. The number of rotatable bonds is 5. The monoisotopic (exact) mass is 285 g/mol. The van der Waals surface area contributed by atoms with Gasteiger partial charge in [0.15, 0.2) is 0 Å². The second-order valence-corrected chi connectivity index (χ2v) is 5.60. The quantitative estimate of drug-likeness (QED) is 0.844. The average Bonchev–Trinajstić information content (AvgIpc) is 2.37. The van der Waals surface area contributed by atoms with Crippen LogP contribution in [0.2, 0.25) is 0 Å². The van der Waals surface area contributed by atoms with Crippen LogP contribution in [0.4, 0.5) is 13.2 Å². The fraction of sp³-hybridized carbons (Fsp3) is 0.625. The van der Waals surface area contributed by atoms with Crippen LogP contribution < -0.4 is 5.32 Å². The van der Waals surface area contributed by atoms with Gasteiger partial charge in [-0.2, -0.15) is 13.2 Å². The molecule has 1 N–H and O–H groups in total. The molecule has 0 fully saturated rings. The van der Waals surface area contributed by atoms with Crippen LogP contribution >= 0.6 is 0 Å². The predicted molar refractivity (Wildman–Crippen MR) is 74.9 cm³/mol. The van der Waals surface area contributed by atoms with Gasteiger partial charge in [-0.05, 0) is 49.3 Å². The van der Waals surface area contributed by atoms with Crippen LogP contribution in [0, 0.1) is 0 Å². The first-order valence-corrected chi connectivity index (χ1v) is 7.37. The van der Waals surface area contributed by atoms with E-state index in [2.05, 4.69) is 17.4 Å². The summed E-state index contributed by atoms with van der Waals surface area (Å²) in [5.74, 6) is 0.256. The summed E-state index contributed by atoms with van der Waals surface area (Å²) in [6.07, 6.45) is -1.13. The minimum Gasteiger partial charge on any atom is -0.314 e. The van der Waals surface area contributed by atoms with Crippen molar-refractivity contribution in [3.8, 4) is 0 Å². The van der Waals surface area contributed by atoms with Crippen molar-refractivity contribution in [3.63, 3.8) is 0 Å². The summed E-state index contributed by atoms with van der Waals surface area (Å²) in [4.78, 5) is 0. The minimum atomic E-state index is -4.10. The highest BCUT2D eigenvalue weighted by atomic mass is 19.4. The summed E-state index contributed by atoms with van der Waals surface area (Å²) in [6, 6.07) is 7.71. The molecule has 1 nitrogen and oxygen atoms in total. The zero-order chi connectivity index (χ0) is 14.6. The average molecular weight is 285 g/mol. The van der Waals surface area contributed by atoms with Gasteiger partial charge in [-0.3, -0.25) is 0 Å². The van der Waals surface area contributed by atoms with E-state index in [0.29, 0.717) is 13.0 Å². The summed E-state index contributed by atoms with van der Waals surface area (Å²) >= 11 is 0. The van der Waals surface area contributed by atoms with Gasteiger partial charge in [0.2, 0.25) is 0 Å². The smallest absolute Gasteiger partial charge is 0.314 e. The van der Waals surface area contributed by atoms with Gasteiger partial charge < -0.3 is 5.32 Å². The molecule has 0 radical (unpaired) electrons. The first-order chi connectivity index (χ1) is 9.49. The Morgan fingerprint density at radius 3 is 2.75 bits per heavy atom. The SMILES string of the molecule is CCNC(CC1CCCc2ccccc21)CC(F)(F)F. The number of fused-ring (bicyclic) bond motifs is 1. The molecule has 20 heavy (non-hydrogen) atoms. The molecule has 4 heteroatoms. The van der Waals surface area contributed by atoms with E-state index in [1.807, 2.05) is 19.1 Å². The Morgan fingerprint density at radius 2 is 2.05 bits per heavy atom. The van der Waals surface area contributed by atoms with Gasteiger partial charge in [-0.25, -0.2) is 0 Å². The van der Waals surface area contributed by atoms with Crippen LogP contribution in [-0.4, -0.2) is 18.8 Å². The molecule has 2 rings (SSSR count). The molecule has 2 unspecified atom stereocenters. The van der Waals surface area contributed by atoms with Crippen LogP contribution in [0.15, 0.2) is 24.3 Å². The number of alkyl halides is 3. The van der Waals surface area contributed by atoms with Gasteiger partial charge in [-0.15, -0.1) is 0 Å². The summed E-state index contributed by atoms with van der Waals surface area (Å²) < 4.78 is 37.9. The number of nitrogens with one attached hydrogen (secondary N) is 1. The van der Waals surface area contributed by atoms with Crippen molar-refractivity contribution >= 4 is 0 Å². The number of aryl methyl sites for hydroxylation is 1. The second kappa shape index (κ2) is 6.61. The Bertz CT molecular complexity index is 428. The molecule has 0 bridgehead atoms. The topological polar surface area (TPSA) is 12.0 Å². The number of hydrogen-bond donors (Lipinski definition) is 1. The molecule has 0 aliphatic heterocycles. The number of halogens is 3. The number of hydrogen-bond acceptors (Lipinski definition) is 1. The predicted octanol–water partition coefficient (Wildman–Crippen LogP) is 4.43. The van der Waals surface area contributed by atoms with Gasteiger partial charge in [-0.1, -0.05) is 31.2 Å². The molecule has 0 amide bonds. The lowest BCUT2D eigenvalue weighted by Crippen LogP contribution is -2.35. The van der Waals surface area contributed by atoms with E-state index in [9.17, 15) is 13.2 Å². The van der Waals surface area contributed by atoms with Gasteiger partial charge >= 0.3 is 6.18 Å². The van der Waals surface area contributed by atoms with Crippen molar-refractivity contribution in [2.24, 2.45) is 0 Å². The molecular formula is C16H22F3N. The van der Waals surface area contributed by atoms with E-state index in [-0.39, 0.29) is 5.92 Å². The lowest BCUT2D eigenvalue weighted by molar-refractivity contribution is -0.140. The Labute approximate surface area is 118 Å². The maximum Gasteiger partial charge on any atom is 0.390 e. The van der Waals surface area contributed by atoms with Crippen molar-refractivity contribution in [1.82, 2.24) is 5.32 Å². The lowest BCUT2D eigenvalue weighted by Gasteiger charge is -2.29. The molecule has 1 aliphatic rings. The summed E-state index contributed by atoms with van der Waals surface area (Å²) in [6.45, 7) is 2.44. The molecular weight excluding hydrogens is 263 g/mol. The Kier molecular flexibility index (Phi) is 5.08. The van der Waals surface area contributed by atoms with Crippen molar-refractivity contribution in [1.29, 1.82) is 0 Å². The van der Waals surface area contributed by atoms with Gasteiger partial charge in [0.1, 0.15) is 0 Å².